The zero-order valence-corrected chi connectivity index (χ0v) is 14.0. The Morgan fingerprint density at radius 3 is 2.81 bits per heavy atom. The highest BCUT2D eigenvalue weighted by Crippen LogP contribution is 2.22. The highest BCUT2D eigenvalue weighted by atomic mass is 32.2. The van der Waals surface area contributed by atoms with E-state index in [0.717, 1.165) is 25.2 Å². The summed E-state index contributed by atoms with van der Waals surface area (Å²) < 4.78 is 26.9. The van der Waals surface area contributed by atoms with E-state index < -0.39 is 10.0 Å². The van der Waals surface area contributed by atoms with Crippen LogP contribution in [0.5, 0.6) is 0 Å². The molecule has 2 rings (SSSR count). The largest absolute Gasteiger partial charge is 0.316 e. The molecule has 0 radical (unpaired) electrons. The Balaban J connectivity index is 2.17. The Morgan fingerprint density at radius 2 is 2.24 bits per heavy atom. The minimum absolute atomic E-state index is 0.142. The molecule has 1 fully saturated rings. The Bertz CT molecular complexity index is 583. The fourth-order valence-corrected chi connectivity index (χ4v) is 4.21. The number of nitrogens with one attached hydrogen (secondary N) is 2. The van der Waals surface area contributed by atoms with E-state index in [1.807, 2.05) is 6.92 Å². The molecular formula is C13H25N5O2S. The summed E-state index contributed by atoms with van der Waals surface area (Å²) in [6.45, 7) is 4.84. The highest BCUT2D eigenvalue weighted by molar-refractivity contribution is 7.89. The SMILES string of the molecule is CNCc1c(S(=O)(=O)N(C)CC2CCN(C)C2)n[nH]c1C. The summed E-state index contributed by atoms with van der Waals surface area (Å²) >= 11 is 0. The number of aryl methyl sites for hydroxylation is 1. The maximum absolute atomic E-state index is 12.7. The number of H-pyrrole nitrogens is 1. The van der Waals surface area contributed by atoms with Crippen LogP contribution in [0.1, 0.15) is 17.7 Å². The lowest BCUT2D eigenvalue weighted by atomic mass is 10.1. The Morgan fingerprint density at radius 1 is 1.52 bits per heavy atom. The second-order valence-corrected chi connectivity index (χ2v) is 7.83. The molecule has 2 heterocycles. The number of aromatic nitrogens is 2. The van der Waals surface area contributed by atoms with E-state index in [4.69, 9.17) is 0 Å². The van der Waals surface area contributed by atoms with Crippen molar-refractivity contribution in [1.29, 1.82) is 0 Å². The molecule has 120 valence electrons. The molecule has 0 aliphatic carbocycles. The van der Waals surface area contributed by atoms with Crippen molar-refractivity contribution in [1.82, 2.24) is 24.7 Å². The van der Waals surface area contributed by atoms with Crippen LogP contribution in [0.2, 0.25) is 0 Å². The molecule has 0 spiro atoms. The average Bonchev–Trinajstić information content (AvgIpc) is 2.98. The molecule has 0 aromatic carbocycles. The van der Waals surface area contributed by atoms with Crippen molar-refractivity contribution in [2.75, 3.05) is 40.8 Å². The van der Waals surface area contributed by atoms with Crippen molar-refractivity contribution in [3.8, 4) is 0 Å². The van der Waals surface area contributed by atoms with Gasteiger partial charge in [-0.05, 0) is 39.9 Å². The van der Waals surface area contributed by atoms with Gasteiger partial charge in [0.05, 0.1) is 0 Å². The summed E-state index contributed by atoms with van der Waals surface area (Å²) in [6.07, 6.45) is 1.04. The molecule has 1 aromatic rings. The van der Waals surface area contributed by atoms with Crippen LogP contribution in [0.15, 0.2) is 5.03 Å². The van der Waals surface area contributed by atoms with E-state index >= 15 is 0 Å². The lowest BCUT2D eigenvalue weighted by Crippen LogP contribution is -2.33. The monoisotopic (exact) mass is 315 g/mol. The number of rotatable bonds is 6. The summed E-state index contributed by atoms with van der Waals surface area (Å²) in [4.78, 5) is 2.23. The van der Waals surface area contributed by atoms with Gasteiger partial charge in [-0.25, -0.2) is 8.42 Å². The molecule has 8 heteroatoms. The number of sulfonamides is 1. The first-order valence-corrected chi connectivity index (χ1v) is 8.63. The normalized spacial score (nSPS) is 20.5. The molecule has 7 nitrogen and oxygen atoms in total. The van der Waals surface area contributed by atoms with E-state index in [-0.39, 0.29) is 5.03 Å². The maximum atomic E-state index is 12.7. The van der Waals surface area contributed by atoms with Crippen LogP contribution in [0.25, 0.3) is 0 Å². The van der Waals surface area contributed by atoms with Crippen molar-refractivity contribution in [3.63, 3.8) is 0 Å². The number of nitrogens with zero attached hydrogens (tertiary/aromatic N) is 3. The van der Waals surface area contributed by atoms with Crippen LogP contribution in [0.4, 0.5) is 0 Å². The Labute approximate surface area is 126 Å². The van der Waals surface area contributed by atoms with E-state index in [1.54, 1.807) is 14.1 Å². The predicted molar refractivity (Wildman–Crippen MR) is 81.5 cm³/mol. The molecule has 1 unspecified atom stereocenters. The summed E-state index contributed by atoms with van der Waals surface area (Å²) in [7, 11) is 1.95. The first-order valence-electron chi connectivity index (χ1n) is 7.19. The van der Waals surface area contributed by atoms with Gasteiger partial charge in [0, 0.05) is 37.9 Å². The van der Waals surface area contributed by atoms with Crippen LogP contribution >= 0.6 is 0 Å². The third-order valence-corrected chi connectivity index (χ3v) is 5.84. The lowest BCUT2D eigenvalue weighted by molar-refractivity contribution is 0.356. The first-order chi connectivity index (χ1) is 9.86. The third-order valence-electron chi connectivity index (χ3n) is 4.05. The molecule has 1 atom stereocenters. The predicted octanol–water partition coefficient (Wildman–Crippen LogP) is 0.00972. The molecule has 21 heavy (non-hydrogen) atoms. The van der Waals surface area contributed by atoms with Crippen LogP contribution in [0.3, 0.4) is 0 Å². The minimum atomic E-state index is -3.54. The summed E-state index contributed by atoms with van der Waals surface area (Å²) in [5.74, 6) is 0.391. The Kier molecular flexibility index (Phi) is 5.03. The number of hydrogen-bond acceptors (Lipinski definition) is 5. The minimum Gasteiger partial charge on any atom is -0.316 e. The average molecular weight is 315 g/mol. The molecule has 1 aliphatic rings. The standard InChI is InChI=1S/C13H25N5O2S/c1-10-12(7-14-2)13(16-15-10)21(19,20)18(4)9-11-5-6-17(3)8-11/h11,14H,5-9H2,1-4H3,(H,15,16). The van der Waals surface area contributed by atoms with Gasteiger partial charge in [0.25, 0.3) is 10.0 Å². The van der Waals surface area contributed by atoms with Crippen LogP contribution in [-0.4, -0.2) is 68.6 Å². The quantitative estimate of drug-likeness (QED) is 0.773. The van der Waals surface area contributed by atoms with E-state index in [9.17, 15) is 8.42 Å². The van der Waals surface area contributed by atoms with Gasteiger partial charge in [-0.15, -0.1) is 0 Å². The van der Waals surface area contributed by atoms with Gasteiger partial charge in [0.1, 0.15) is 0 Å². The van der Waals surface area contributed by atoms with E-state index in [1.165, 1.54) is 4.31 Å². The van der Waals surface area contributed by atoms with E-state index in [0.29, 0.717) is 24.6 Å². The van der Waals surface area contributed by atoms with Gasteiger partial charge in [-0.1, -0.05) is 0 Å². The molecule has 0 amide bonds. The lowest BCUT2D eigenvalue weighted by Gasteiger charge is -2.20. The van der Waals surface area contributed by atoms with Crippen molar-refractivity contribution >= 4 is 10.0 Å². The van der Waals surface area contributed by atoms with Gasteiger partial charge in [-0.3, -0.25) is 5.10 Å². The van der Waals surface area contributed by atoms with Crippen molar-refractivity contribution in [3.05, 3.63) is 11.3 Å². The topological polar surface area (TPSA) is 81.3 Å². The fraction of sp³-hybridized carbons (Fsp3) is 0.769. The zero-order chi connectivity index (χ0) is 15.6. The molecule has 1 aromatic heterocycles. The first kappa shape index (κ1) is 16.4. The van der Waals surface area contributed by atoms with Gasteiger partial charge in [0.15, 0.2) is 5.03 Å². The number of hydrogen-bond donors (Lipinski definition) is 2. The maximum Gasteiger partial charge on any atom is 0.262 e. The van der Waals surface area contributed by atoms with Gasteiger partial charge < -0.3 is 10.2 Å². The molecule has 1 aliphatic heterocycles. The van der Waals surface area contributed by atoms with Gasteiger partial charge >= 0.3 is 0 Å². The molecule has 0 bridgehead atoms. The second-order valence-electron chi connectivity index (χ2n) is 5.87. The van der Waals surface area contributed by atoms with Gasteiger partial charge in [-0.2, -0.15) is 9.40 Å². The van der Waals surface area contributed by atoms with Crippen molar-refractivity contribution in [2.24, 2.45) is 5.92 Å². The highest BCUT2D eigenvalue weighted by Gasteiger charge is 2.31. The van der Waals surface area contributed by atoms with Crippen LogP contribution in [-0.2, 0) is 16.6 Å². The van der Waals surface area contributed by atoms with E-state index in [2.05, 4.69) is 27.5 Å². The summed E-state index contributed by atoms with van der Waals surface area (Å²) in [6, 6.07) is 0. The molecule has 2 N–H and O–H groups in total. The smallest absolute Gasteiger partial charge is 0.262 e. The molecular weight excluding hydrogens is 290 g/mol. The van der Waals surface area contributed by atoms with Crippen molar-refractivity contribution in [2.45, 2.75) is 24.9 Å². The third kappa shape index (κ3) is 3.45. The molecule has 0 saturated carbocycles. The summed E-state index contributed by atoms with van der Waals surface area (Å²) in [5, 5.41) is 9.92. The number of likely N-dealkylation sites (tertiary alicyclic amines) is 1. The zero-order valence-electron chi connectivity index (χ0n) is 13.2. The van der Waals surface area contributed by atoms with Crippen molar-refractivity contribution < 1.29 is 8.42 Å². The second kappa shape index (κ2) is 6.43. The fourth-order valence-electron chi connectivity index (χ4n) is 2.81. The van der Waals surface area contributed by atoms with Gasteiger partial charge in [0.2, 0.25) is 0 Å². The summed E-state index contributed by atoms with van der Waals surface area (Å²) in [5.41, 5.74) is 1.50. The Hall–Kier alpha value is -0.960. The van der Waals surface area contributed by atoms with Crippen LogP contribution in [0, 0.1) is 12.8 Å². The molecule has 1 saturated heterocycles. The number of aromatic amines is 1. The van der Waals surface area contributed by atoms with Crippen LogP contribution < -0.4 is 5.32 Å².